The molecule has 2 aromatic carbocycles. The van der Waals surface area contributed by atoms with E-state index >= 15 is 0 Å². The minimum absolute atomic E-state index is 0.0324. The van der Waals surface area contributed by atoms with Crippen molar-refractivity contribution in [2.24, 2.45) is 0 Å². The number of benzene rings is 2. The number of nitriles is 1. The zero-order valence-corrected chi connectivity index (χ0v) is 17.6. The van der Waals surface area contributed by atoms with Crippen LogP contribution in [0.25, 0.3) is 11.5 Å². The van der Waals surface area contributed by atoms with Crippen molar-refractivity contribution in [1.29, 1.82) is 5.26 Å². The largest absolute Gasteiger partial charge is 0.447 e. The molecule has 0 aliphatic rings. The van der Waals surface area contributed by atoms with Crippen molar-refractivity contribution < 1.29 is 18.7 Å². The van der Waals surface area contributed by atoms with E-state index in [9.17, 15) is 9.59 Å². The average Bonchev–Trinajstić information content (AvgIpc) is 3.16. The second-order valence-electron chi connectivity index (χ2n) is 7.27. The first-order chi connectivity index (χ1) is 15.0. The first kappa shape index (κ1) is 22.0. The third-order valence-electron chi connectivity index (χ3n) is 4.93. The number of hydrogen-bond acceptors (Lipinski definition) is 6. The van der Waals surface area contributed by atoms with E-state index in [-0.39, 0.29) is 5.78 Å². The summed E-state index contributed by atoms with van der Waals surface area (Å²) in [5.74, 6) is 0.854. The molecule has 0 N–H and O–H groups in total. The lowest BCUT2D eigenvalue weighted by Crippen LogP contribution is -2.14. The molecule has 158 valence electrons. The van der Waals surface area contributed by atoms with Crippen molar-refractivity contribution in [3.05, 3.63) is 77.2 Å². The number of hydrogen-bond donors (Lipinski definition) is 0. The van der Waals surface area contributed by atoms with Crippen molar-refractivity contribution in [3.8, 4) is 17.5 Å². The lowest BCUT2D eigenvalue weighted by Gasteiger charge is -2.09. The van der Waals surface area contributed by atoms with E-state index in [1.54, 1.807) is 12.1 Å². The maximum Gasteiger partial charge on any atom is 0.303 e. The zero-order chi connectivity index (χ0) is 22.2. The molecule has 0 bridgehead atoms. The monoisotopic (exact) mass is 416 g/mol. The Balaban J connectivity index is 1.55. The number of ketones is 1. The summed E-state index contributed by atoms with van der Waals surface area (Å²) in [4.78, 5) is 28.1. The summed E-state index contributed by atoms with van der Waals surface area (Å²) >= 11 is 0. The molecule has 1 atom stereocenters. The van der Waals surface area contributed by atoms with Gasteiger partial charge in [0, 0.05) is 37.3 Å². The average molecular weight is 416 g/mol. The Bertz CT molecular complexity index is 1080. The smallest absolute Gasteiger partial charge is 0.303 e. The number of Topliss-reactive ketones (excluding diaryl/α,β-unsaturated/α-hetero) is 1. The van der Waals surface area contributed by atoms with E-state index in [0.717, 1.165) is 22.6 Å². The third-order valence-corrected chi connectivity index (χ3v) is 4.93. The number of rotatable bonds is 9. The zero-order valence-electron chi connectivity index (χ0n) is 17.6. The van der Waals surface area contributed by atoms with E-state index in [4.69, 9.17) is 14.4 Å². The normalized spacial score (nSPS) is 11.5. The molecule has 0 spiro atoms. The summed E-state index contributed by atoms with van der Waals surface area (Å²) in [6, 6.07) is 18.9. The van der Waals surface area contributed by atoms with Gasteiger partial charge in [-0.3, -0.25) is 9.59 Å². The lowest BCUT2D eigenvalue weighted by atomic mass is 10.0. The predicted octanol–water partition coefficient (Wildman–Crippen LogP) is 4.85. The van der Waals surface area contributed by atoms with E-state index in [1.165, 1.54) is 6.92 Å². The van der Waals surface area contributed by atoms with Crippen LogP contribution >= 0.6 is 0 Å². The number of carbonyl (C=O) groups excluding carboxylic acids is 2. The van der Waals surface area contributed by atoms with Gasteiger partial charge in [0.05, 0.1) is 5.69 Å². The second kappa shape index (κ2) is 10.4. The summed E-state index contributed by atoms with van der Waals surface area (Å²) in [6.45, 7) is 3.14. The van der Waals surface area contributed by atoms with Crippen LogP contribution in [-0.2, 0) is 22.4 Å². The van der Waals surface area contributed by atoms with Gasteiger partial charge in [-0.1, -0.05) is 42.5 Å². The highest BCUT2D eigenvalue weighted by molar-refractivity contribution is 5.96. The van der Waals surface area contributed by atoms with Crippen LogP contribution in [0.15, 0.2) is 59.0 Å². The van der Waals surface area contributed by atoms with Gasteiger partial charge >= 0.3 is 5.97 Å². The summed E-state index contributed by atoms with van der Waals surface area (Å²) < 4.78 is 10.7. The number of carbonyl (C=O) groups is 2. The number of ether oxygens (including phenoxy) is 1. The molecular weight excluding hydrogens is 392 g/mol. The molecule has 1 heterocycles. The quantitative estimate of drug-likeness (QED) is 0.365. The summed E-state index contributed by atoms with van der Waals surface area (Å²) in [7, 11) is 0. The van der Waals surface area contributed by atoms with Gasteiger partial charge in [-0.05, 0) is 31.0 Å². The maximum absolute atomic E-state index is 12.6. The Labute approximate surface area is 181 Å². The van der Waals surface area contributed by atoms with Crippen LogP contribution in [0.4, 0.5) is 0 Å². The van der Waals surface area contributed by atoms with Crippen LogP contribution in [0.2, 0.25) is 0 Å². The second-order valence-corrected chi connectivity index (χ2v) is 7.27. The summed E-state index contributed by atoms with van der Waals surface area (Å²) in [6.07, 6.45) is 1.09. The molecule has 6 nitrogen and oxygen atoms in total. The predicted molar refractivity (Wildman–Crippen MR) is 115 cm³/mol. The molecule has 1 unspecified atom stereocenters. The van der Waals surface area contributed by atoms with E-state index in [0.29, 0.717) is 37.1 Å². The Kier molecular flexibility index (Phi) is 7.34. The molecule has 3 rings (SSSR count). The van der Waals surface area contributed by atoms with Crippen LogP contribution in [0, 0.1) is 18.3 Å². The highest BCUT2D eigenvalue weighted by Gasteiger charge is 2.14. The lowest BCUT2D eigenvalue weighted by molar-refractivity contribution is -0.144. The van der Waals surface area contributed by atoms with Crippen molar-refractivity contribution in [1.82, 2.24) is 4.98 Å². The van der Waals surface area contributed by atoms with Gasteiger partial charge in [0.1, 0.15) is 11.8 Å². The number of oxazole rings is 1. The number of nitrogens with zero attached hydrogens (tertiary/aromatic N) is 2. The first-order valence-corrected chi connectivity index (χ1v) is 10.2. The molecule has 0 saturated heterocycles. The minimum Gasteiger partial charge on any atom is -0.447 e. The van der Waals surface area contributed by atoms with Crippen molar-refractivity contribution in [3.63, 3.8) is 0 Å². The number of aryl methyl sites for hydroxylation is 3. The Hall–Kier alpha value is -3.72. The van der Waals surface area contributed by atoms with Gasteiger partial charge in [-0.25, -0.2) is 4.98 Å². The first-order valence-electron chi connectivity index (χ1n) is 10.2. The fourth-order valence-corrected chi connectivity index (χ4v) is 3.25. The van der Waals surface area contributed by atoms with Gasteiger partial charge in [-0.2, -0.15) is 5.26 Å². The fraction of sp³-hybridized carbons (Fsp3) is 0.280. The summed E-state index contributed by atoms with van der Waals surface area (Å²) in [5, 5.41) is 9.02. The van der Waals surface area contributed by atoms with Crippen LogP contribution in [0.5, 0.6) is 0 Å². The van der Waals surface area contributed by atoms with E-state index < -0.39 is 12.1 Å². The fourth-order valence-electron chi connectivity index (χ4n) is 3.25. The molecule has 0 saturated carbocycles. The van der Waals surface area contributed by atoms with Gasteiger partial charge in [0.2, 0.25) is 5.89 Å². The molecular formula is C25H24N2O4. The van der Waals surface area contributed by atoms with Gasteiger partial charge in [0.25, 0.3) is 0 Å². The molecule has 6 heteroatoms. The molecule has 1 aromatic heterocycles. The Morgan fingerprint density at radius 2 is 1.81 bits per heavy atom. The molecule has 0 aliphatic carbocycles. The van der Waals surface area contributed by atoms with Crippen LogP contribution in [0.1, 0.15) is 47.1 Å². The molecule has 0 aliphatic heterocycles. The topological polar surface area (TPSA) is 93.2 Å². The van der Waals surface area contributed by atoms with Crippen molar-refractivity contribution in [2.45, 2.75) is 45.6 Å². The van der Waals surface area contributed by atoms with Gasteiger partial charge in [-0.15, -0.1) is 0 Å². The standard InChI is InChI=1S/C25H24N2O4/c1-17-23(27-25(30-17)21-6-4-3-5-7-21)14-15-24(29)20-11-8-19(9-12-20)10-13-22(16-26)31-18(2)28/h3-9,11-12,22H,10,13-15H2,1-2H3. The van der Waals surface area contributed by atoms with Crippen LogP contribution in [-0.4, -0.2) is 22.8 Å². The Morgan fingerprint density at radius 3 is 2.45 bits per heavy atom. The van der Waals surface area contributed by atoms with E-state index in [2.05, 4.69) is 4.98 Å². The summed E-state index contributed by atoms with van der Waals surface area (Å²) in [5.41, 5.74) is 3.30. The van der Waals surface area contributed by atoms with Gasteiger partial charge in [0.15, 0.2) is 11.9 Å². The SMILES string of the molecule is CC(=O)OC(C#N)CCc1ccc(C(=O)CCc2nc(-c3ccccc3)oc2C)cc1. The van der Waals surface area contributed by atoms with Crippen LogP contribution in [0.3, 0.4) is 0 Å². The number of esters is 1. The van der Waals surface area contributed by atoms with Crippen LogP contribution < -0.4 is 0 Å². The van der Waals surface area contributed by atoms with Crippen molar-refractivity contribution >= 4 is 11.8 Å². The van der Waals surface area contributed by atoms with Crippen molar-refractivity contribution in [2.75, 3.05) is 0 Å². The molecule has 0 amide bonds. The maximum atomic E-state index is 12.6. The Morgan fingerprint density at radius 1 is 1.10 bits per heavy atom. The third kappa shape index (κ3) is 6.13. The molecule has 3 aromatic rings. The highest BCUT2D eigenvalue weighted by atomic mass is 16.5. The van der Waals surface area contributed by atoms with E-state index in [1.807, 2.05) is 55.5 Å². The van der Waals surface area contributed by atoms with Gasteiger partial charge < -0.3 is 9.15 Å². The molecule has 31 heavy (non-hydrogen) atoms. The highest BCUT2D eigenvalue weighted by Crippen LogP contribution is 2.22. The number of aromatic nitrogens is 1. The molecule has 0 fully saturated rings. The molecule has 0 radical (unpaired) electrons. The minimum atomic E-state index is -0.759.